The lowest BCUT2D eigenvalue weighted by atomic mass is 10.0. The van der Waals surface area contributed by atoms with E-state index in [1.54, 1.807) is 0 Å². The van der Waals surface area contributed by atoms with Crippen LogP contribution in [0.2, 0.25) is 0 Å². The van der Waals surface area contributed by atoms with Crippen molar-refractivity contribution >= 4 is 5.91 Å². The molecule has 2 fully saturated rings. The van der Waals surface area contributed by atoms with Crippen molar-refractivity contribution in [1.82, 2.24) is 20.4 Å². The normalized spacial score (nSPS) is 19.9. The smallest absolute Gasteiger partial charge is 0.239 e. The molecule has 2 aliphatic rings. The summed E-state index contributed by atoms with van der Waals surface area (Å²) in [5.41, 5.74) is -0.440. The van der Waals surface area contributed by atoms with Gasteiger partial charge in [-0.25, -0.2) is 0 Å². The second-order valence-corrected chi connectivity index (χ2v) is 6.58. The van der Waals surface area contributed by atoms with E-state index in [0.29, 0.717) is 24.8 Å². The summed E-state index contributed by atoms with van der Waals surface area (Å²) in [6, 6.07) is 0. The zero-order valence-electron chi connectivity index (χ0n) is 12.9. The number of rotatable bonds is 6. The van der Waals surface area contributed by atoms with Crippen molar-refractivity contribution in [3.8, 4) is 0 Å². The molecule has 1 N–H and O–H groups in total. The van der Waals surface area contributed by atoms with Gasteiger partial charge in [-0.2, -0.15) is 4.98 Å². The van der Waals surface area contributed by atoms with Crippen LogP contribution >= 0.6 is 0 Å². The van der Waals surface area contributed by atoms with Crippen molar-refractivity contribution in [1.29, 1.82) is 0 Å². The molecule has 1 amide bonds. The SMILES string of the molecule is CC(C)(C(=O)NCCc1nc(C2CC2)no1)N1CCCC1. The van der Waals surface area contributed by atoms with Crippen LogP contribution in [0.1, 0.15) is 57.2 Å². The van der Waals surface area contributed by atoms with Crippen LogP contribution in [0.5, 0.6) is 0 Å². The van der Waals surface area contributed by atoms with E-state index >= 15 is 0 Å². The van der Waals surface area contributed by atoms with E-state index in [9.17, 15) is 4.79 Å². The molecule has 1 saturated heterocycles. The van der Waals surface area contributed by atoms with Gasteiger partial charge in [0, 0.05) is 18.9 Å². The van der Waals surface area contributed by atoms with Crippen LogP contribution in [0, 0.1) is 0 Å². The molecule has 0 bridgehead atoms. The summed E-state index contributed by atoms with van der Waals surface area (Å²) in [4.78, 5) is 19.0. The Kier molecular flexibility index (Phi) is 3.97. The Morgan fingerprint density at radius 2 is 2.10 bits per heavy atom. The number of nitrogens with one attached hydrogen (secondary N) is 1. The number of hydrogen-bond acceptors (Lipinski definition) is 5. The Morgan fingerprint density at radius 3 is 2.76 bits per heavy atom. The van der Waals surface area contributed by atoms with E-state index in [2.05, 4.69) is 20.4 Å². The van der Waals surface area contributed by atoms with Crippen molar-refractivity contribution < 1.29 is 9.32 Å². The van der Waals surface area contributed by atoms with Crippen LogP contribution in [-0.2, 0) is 11.2 Å². The molecule has 1 aliphatic carbocycles. The number of aromatic nitrogens is 2. The average molecular weight is 292 g/mol. The molecule has 1 saturated carbocycles. The Hall–Kier alpha value is -1.43. The molecule has 1 aromatic heterocycles. The van der Waals surface area contributed by atoms with Crippen molar-refractivity contribution in [3.05, 3.63) is 11.7 Å². The molecule has 3 rings (SSSR count). The monoisotopic (exact) mass is 292 g/mol. The number of hydrogen-bond donors (Lipinski definition) is 1. The Bertz CT molecular complexity index is 502. The summed E-state index contributed by atoms with van der Waals surface area (Å²) in [6.45, 7) is 6.54. The van der Waals surface area contributed by atoms with Gasteiger partial charge in [0.1, 0.15) is 0 Å². The van der Waals surface area contributed by atoms with Crippen molar-refractivity contribution in [3.63, 3.8) is 0 Å². The average Bonchev–Trinajstić information content (AvgIpc) is 2.98. The number of likely N-dealkylation sites (tertiary alicyclic amines) is 1. The number of nitrogens with zero attached hydrogens (tertiary/aromatic N) is 3. The standard InChI is InChI=1S/C15H24N4O2/c1-15(2,19-9-3-4-10-19)14(20)16-8-7-12-17-13(18-21-12)11-5-6-11/h11H,3-10H2,1-2H3,(H,16,20). The summed E-state index contributed by atoms with van der Waals surface area (Å²) in [5, 5.41) is 6.97. The Labute approximate surface area is 125 Å². The highest BCUT2D eigenvalue weighted by Gasteiger charge is 2.35. The highest BCUT2D eigenvalue weighted by Crippen LogP contribution is 2.38. The summed E-state index contributed by atoms with van der Waals surface area (Å²) >= 11 is 0. The second-order valence-electron chi connectivity index (χ2n) is 6.58. The molecular weight excluding hydrogens is 268 g/mol. The zero-order valence-corrected chi connectivity index (χ0v) is 12.9. The van der Waals surface area contributed by atoms with E-state index in [4.69, 9.17) is 4.52 Å². The molecule has 6 heteroatoms. The first-order valence-corrected chi connectivity index (χ1v) is 7.93. The second kappa shape index (κ2) is 5.75. The molecule has 1 aliphatic heterocycles. The number of carbonyl (C=O) groups is 1. The van der Waals surface area contributed by atoms with E-state index in [-0.39, 0.29) is 5.91 Å². The van der Waals surface area contributed by atoms with Gasteiger partial charge in [-0.15, -0.1) is 0 Å². The van der Waals surface area contributed by atoms with Crippen LogP contribution in [0.3, 0.4) is 0 Å². The lowest BCUT2D eigenvalue weighted by Gasteiger charge is -2.33. The van der Waals surface area contributed by atoms with E-state index in [1.165, 1.54) is 25.7 Å². The highest BCUT2D eigenvalue weighted by atomic mass is 16.5. The highest BCUT2D eigenvalue weighted by molar-refractivity contribution is 5.85. The minimum atomic E-state index is -0.440. The quantitative estimate of drug-likeness (QED) is 0.860. The van der Waals surface area contributed by atoms with E-state index < -0.39 is 5.54 Å². The molecule has 116 valence electrons. The molecule has 0 aromatic carbocycles. The third kappa shape index (κ3) is 3.26. The maximum atomic E-state index is 12.3. The summed E-state index contributed by atoms with van der Waals surface area (Å²) in [5.74, 6) is 2.03. The topological polar surface area (TPSA) is 71.3 Å². The van der Waals surface area contributed by atoms with Crippen LogP contribution in [0.15, 0.2) is 4.52 Å². The molecule has 0 radical (unpaired) electrons. The molecule has 0 spiro atoms. The van der Waals surface area contributed by atoms with Gasteiger partial charge in [-0.05, 0) is 52.6 Å². The lowest BCUT2D eigenvalue weighted by molar-refractivity contribution is -0.131. The van der Waals surface area contributed by atoms with E-state index in [0.717, 1.165) is 18.9 Å². The summed E-state index contributed by atoms with van der Waals surface area (Å²) < 4.78 is 5.21. The fourth-order valence-electron chi connectivity index (χ4n) is 2.80. The maximum Gasteiger partial charge on any atom is 0.239 e. The Morgan fingerprint density at radius 1 is 1.38 bits per heavy atom. The Balaban J connectivity index is 1.46. The van der Waals surface area contributed by atoms with Gasteiger partial charge in [0.05, 0.1) is 5.54 Å². The van der Waals surface area contributed by atoms with E-state index in [1.807, 2.05) is 13.8 Å². The molecule has 1 aromatic rings. The van der Waals surface area contributed by atoms with Crippen molar-refractivity contribution in [2.45, 2.75) is 57.4 Å². The van der Waals surface area contributed by atoms with Crippen LogP contribution in [0.4, 0.5) is 0 Å². The number of amides is 1. The predicted molar refractivity (Wildman–Crippen MR) is 77.9 cm³/mol. The van der Waals surface area contributed by atoms with Crippen LogP contribution in [0.25, 0.3) is 0 Å². The first-order chi connectivity index (χ1) is 10.1. The molecule has 0 unspecified atom stereocenters. The molecular formula is C15H24N4O2. The minimum Gasteiger partial charge on any atom is -0.354 e. The first kappa shape index (κ1) is 14.5. The van der Waals surface area contributed by atoms with Gasteiger partial charge in [0.15, 0.2) is 5.82 Å². The maximum absolute atomic E-state index is 12.3. The zero-order chi connectivity index (χ0) is 14.9. The summed E-state index contributed by atoms with van der Waals surface area (Å²) in [6.07, 6.45) is 5.30. The third-order valence-electron chi connectivity index (χ3n) is 4.50. The lowest BCUT2D eigenvalue weighted by Crippen LogP contribution is -2.54. The van der Waals surface area contributed by atoms with Crippen LogP contribution in [-0.4, -0.2) is 46.1 Å². The molecule has 21 heavy (non-hydrogen) atoms. The van der Waals surface area contributed by atoms with Gasteiger partial charge in [-0.3, -0.25) is 9.69 Å². The first-order valence-electron chi connectivity index (χ1n) is 7.93. The predicted octanol–water partition coefficient (Wildman–Crippen LogP) is 1.48. The number of carbonyl (C=O) groups excluding carboxylic acids is 1. The van der Waals surface area contributed by atoms with Gasteiger partial charge in [-0.1, -0.05) is 5.16 Å². The molecule has 6 nitrogen and oxygen atoms in total. The van der Waals surface area contributed by atoms with Gasteiger partial charge in [0.25, 0.3) is 0 Å². The van der Waals surface area contributed by atoms with Gasteiger partial charge in [0.2, 0.25) is 11.8 Å². The van der Waals surface area contributed by atoms with Gasteiger partial charge >= 0.3 is 0 Å². The summed E-state index contributed by atoms with van der Waals surface area (Å²) in [7, 11) is 0. The molecule has 2 heterocycles. The largest absolute Gasteiger partial charge is 0.354 e. The van der Waals surface area contributed by atoms with Crippen molar-refractivity contribution in [2.24, 2.45) is 0 Å². The molecule has 0 atom stereocenters. The van der Waals surface area contributed by atoms with Crippen molar-refractivity contribution in [2.75, 3.05) is 19.6 Å². The third-order valence-corrected chi connectivity index (χ3v) is 4.50. The van der Waals surface area contributed by atoms with Crippen LogP contribution < -0.4 is 5.32 Å². The fourth-order valence-corrected chi connectivity index (χ4v) is 2.80. The van der Waals surface area contributed by atoms with Gasteiger partial charge < -0.3 is 9.84 Å². The fraction of sp³-hybridized carbons (Fsp3) is 0.800. The minimum absolute atomic E-state index is 0.0753.